The van der Waals surface area contributed by atoms with E-state index < -0.39 is 0 Å². The van der Waals surface area contributed by atoms with E-state index in [2.05, 4.69) is 6.08 Å². The SMILES string of the molecule is CC1=CCC(CCN)O1. The quantitative estimate of drug-likeness (QED) is 0.601. The van der Waals surface area contributed by atoms with Crippen molar-refractivity contribution < 1.29 is 4.74 Å². The van der Waals surface area contributed by atoms with Crippen LogP contribution in [0.25, 0.3) is 0 Å². The van der Waals surface area contributed by atoms with E-state index in [0.29, 0.717) is 6.10 Å². The van der Waals surface area contributed by atoms with Gasteiger partial charge in [-0.1, -0.05) is 0 Å². The molecule has 1 atom stereocenters. The average molecular weight is 127 g/mol. The zero-order chi connectivity index (χ0) is 6.69. The zero-order valence-electron chi connectivity index (χ0n) is 5.76. The minimum Gasteiger partial charge on any atom is -0.495 e. The molecule has 0 saturated carbocycles. The van der Waals surface area contributed by atoms with E-state index in [1.54, 1.807) is 0 Å². The lowest BCUT2D eigenvalue weighted by Gasteiger charge is -2.08. The largest absolute Gasteiger partial charge is 0.495 e. The minimum absolute atomic E-state index is 0.370. The third-order valence-corrected chi connectivity index (χ3v) is 1.51. The molecule has 52 valence electrons. The van der Waals surface area contributed by atoms with Crippen LogP contribution >= 0.6 is 0 Å². The topological polar surface area (TPSA) is 35.2 Å². The van der Waals surface area contributed by atoms with E-state index in [4.69, 9.17) is 10.5 Å². The van der Waals surface area contributed by atoms with Crippen LogP contribution in [0.4, 0.5) is 0 Å². The summed E-state index contributed by atoms with van der Waals surface area (Å²) in [4.78, 5) is 0. The predicted octanol–water partition coefficient (Wildman–Crippen LogP) is 1.03. The Balaban J connectivity index is 2.21. The maximum Gasteiger partial charge on any atom is 0.103 e. The molecule has 0 bridgehead atoms. The Morgan fingerprint density at radius 1 is 1.89 bits per heavy atom. The molecular formula is C7H13NO. The molecule has 1 aliphatic rings. The molecule has 0 spiro atoms. The molecule has 1 heterocycles. The fourth-order valence-corrected chi connectivity index (χ4v) is 1.02. The lowest BCUT2D eigenvalue weighted by molar-refractivity contribution is 0.139. The Hall–Kier alpha value is -0.500. The van der Waals surface area contributed by atoms with E-state index in [1.807, 2.05) is 6.92 Å². The summed E-state index contributed by atoms with van der Waals surface area (Å²) in [5.74, 6) is 1.05. The zero-order valence-corrected chi connectivity index (χ0v) is 5.76. The smallest absolute Gasteiger partial charge is 0.103 e. The van der Waals surface area contributed by atoms with Gasteiger partial charge in [0.1, 0.15) is 6.10 Å². The highest BCUT2D eigenvalue weighted by Crippen LogP contribution is 2.17. The van der Waals surface area contributed by atoms with Gasteiger partial charge in [-0.25, -0.2) is 0 Å². The Morgan fingerprint density at radius 3 is 3.11 bits per heavy atom. The highest BCUT2D eigenvalue weighted by molar-refractivity contribution is 4.97. The maximum absolute atomic E-state index is 5.38. The number of rotatable bonds is 2. The van der Waals surface area contributed by atoms with Crippen molar-refractivity contribution >= 4 is 0 Å². The molecule has 0 aromatic rings. The molecule has 1 rings (SSSR count). The summed E-state index contributed by atoms with van der Waals surface area (Å²) < 4.78 is 5.38. The normalized spacial score (nSPS) is 25.6. The first-order chi connectivity index (χ1) is 4.33. The van der Waals surface area contributed by atoms with Crippen LogP contribution in [-0.2, 0) is 4.74 Å². The highest BCUT2D eigenvalue weighted by atomic mass is 16.5. The van der Waals surface area contributed by atoms with Crippen molar-refractivity contribution in [3.8, 4) is 0 Å². The van der Waals surface area contributed by atoms with Crippen LogP contribution in [0.15, 0.2) is 11.8 Å². The molecule has 1 unspecified atom stereocenters. The monoisotopic (exact) mass is 127 g/mol. The number of hydrogen-bond donors (Lipinski definition) is 1. The van der Waals surface area contributed by atoms with Crippen molar-refractivity contribution in [3.63, 3.8) is 0 Å². The van der Waals surface area contributed by atoms with Gasteiger partial charge in [-0.15, -0.1) is 0 Å². The van der Waals surface area contributed by atoms with Crippen molar-refractivity contribution in [1.29, 1.82) is 0 Å². The molecule has 0 saturated heterocycles. The Labute approximate surface area is 55.7 Å². The van der Waals surface area contributed by atoms with Gasteiger partial charge in [0.05, 0.1) is 5.76 Å². The van der Waals surface area contributed by atoms with E-state index >= 15 is 0 Å². The van der Waals surface area contributed by atoms with Gasteiger partial charge >= 0.3 is 0 Å². The lowest BCUT2D eigenvalue weighted by atomic mass is 10.2. The van der Waals surface area contributed by atoms with Gasteiger partial charge in [-0.3, -0.25) is 0 Å². The third-order valence-electron chi connectivity index (χ3n) is 1.51. The molecule has 0 aromatic carbocycles. The van der Waals surface area contributed by atoms with Crippen LogP contribution in [0, 0.1) is 0 Å². The van der Waals surface area contributed by atoms with Crippen molar-refractivity contribution in [1.82, 2.24) is 0 Å². The van der Waals surface area contributed by atoms with Crippen LogP contribution in [0.1, 0.15) is 19.8 Å². The fourth-order valence-electron chi connectivity index (χ4n) is 1.02. The number of ether oxygens (including phenoxy) is 1. The molecule has 9 heavy (non-hydrogen) atoms. The van der Waals surface area contributed by atoms with E-state index in [0.717, 1.165) is 25.1 Å². The second kappa shape index (κ2) is 2.87. The summed E-state index contributed by atoms with van der Waals surface area (Å²) in [5.41, 5.74) is 5.35. The van der Waals surface area contributed by atoms with Crippen molar-refractivity contribution in [2.75, 3.05) is 6.54 Å². The number of nitrogens with two attached hydrogens (primary N) is 1. The number of allylic oxidation sites excluding steroid dienone is 1. The molecule has 0 aromatic heterocycles. The summed E-state index contributed by atoms with van der Waals surface area (Å²) in [6.07, 6.45) is 4.51. The second-order valence-corrected chi connectivity index (χ2v) is 2.37. The highest BCUT2D eigenvalue weighted by Gasteiger charge is 2.12. The summed E-state index contributed by atoms with van der Waals surface area (Å²) in [6.45, 7) is 2.71. The van der Waals surface area contributed by atoms with Crippen LogP contribution in [0.5, 0.6) is 0 Å². The van der Waals surface area contributed by atoms with E-state index in [9.17, 15) is 0 Å². The van der Waals surface area contributed by atoms with Gasteiger partial charge in [0.25, 0.3) is 0 Å². The molecule has 0 amide bonds. The third kappa shape index (κ3) is 1.72. The van der Waals surface area contributed by atoms with Gasteiger partial charge in [0.2, 0.25) is 0 Å². The first-order valence-corrected chi connectivity index (χ1v) is 3.36. The summed E-state index contributed by atoms with van der Waals surface area (Å²) in [7, 11) is 0. The van der Waals surface area contributed by atoms with Crippen LogP contribution in [0.3, 0.4) is 0 Å². The summed E-state index contributed by atoms with van der Waals surface area (Å²) in [5, 5.41) is 0. The molecule has 2 nitrogen and oxygen atoms in total. The van der Waals surface area contributed by atoms with Crippen molar-refractivity contribution in [2.45, 2.75) is 25.9 Å². The Kier molecular flexibility index (Phi) is 2.11. The molecule has 2 heteroatoms. The molecule has 2 N–H and O–H groups in total. The second-order valence-electron chi connectivity index (χ2n) is 2.37. The molecular weight excluding hydrogens is 114 g/mol. The molecule has 0 fully saturated rings. The van der Waals surface area contributed by atoms with Crippen molar-refractivity contribution in [3.05, 3.63) is 11.8 Å². The maximum atomic E-state index is 5.38. The summed E-state index contributed by atoms with van der Waals surface area (Å²) in [6, 6.07) is 0. The molecule has 0 radical (unpaired) electrons. The standard InChI is InChI=1S/C7H13NO/c1-6-2-3-7(9-6)4-5-8/h2,7H,3-5,8H2,1H3. The van der Waals surface area contributed by atoms with Gasteiger partial charge in [-0.05, 0) is 26.0 Å². The van der Waals surface area contributed by atoms with Gasteiger partial charge < -0.3 is 10.5 Å². The van der Waals surface area contributed by atoms with Crippen LogP contribution in [0.2, 0.25) is 0 Å². The molecule has 0 aliphatic carbocycles. The first-order valence-electron chi connectivity index (χ1n) is 3.36. The van der Waals surface area contributed by atoms with Gasteiger partial charge in [-0.2, -0.15) is 0 Å². The van der Waals surface area contributed by atoms with Gasteiger partial charge in [0, 0.05) is 6.42 Å². The minimum atomic E-state index is 0.370. The fraction of sp³-hybridized carbons (Fsp3) is 0.714. The summed E-state index contributed by atoms with van der Waals surface area (Å²) >= 11 is 0. The van der Waals surface area contributed by atoms with Gasteiger partial charge in [0.15, 0.2) is 0 Å². The number of hydrogen-bond acceptors (Lipinski definition) is 2. The Morgan fingerprint density at radius 2 is 2.67 bits per heavy atom. The first kappa shape index (κ1) is 6.62. The van der Waals surface area contributed by atoms with E-state index in [1.165, 1.54) is 0 Å². The predicted molar refractivity (Wildman–Crippen MR) is 36.9 cm³/mol. The Bertz CT molecular complexity index is 120. The lowest BCUT2D eigenvalue weighted by Crippen LogP contribution is -2.12. The van der Waals surface area contributed by atoms with Crippen molar-refractivity contribution in [2.24, 2.45) is 5.73 Å². The average Bonchev–Trinajstić information content (AvgIpc) is 2.17. The van der Waals surface area contributed by atoms with Crippen LogP contribution < -0.4 is 5.73 Å². The molecule has 1 aliphatic heterocycles. The van der Waals surface area contributed by atoms with Crippen LogP contribution in [-0.4, -0.2) is 12.6 Å². The van der Waals surface area contributed by atoms with E-state index in [-0.39, 0.29) is 0 Å².